The van der Waals surface area contributed by atoms with Crippen LogP contribution in [0.3, 0.4) is 0 Å². The number of guanidine groups is 1. The van der Waals surface area contributed by atoms with Crippen LogP contribution in [0.1, 0.15) is 45.9 Å². The first-order valence-corrected chi connectivity index (χ1v) is 7.69. The molecule has 1 fully saturated rings. The molecule has 2 N–H and O–H groups in total. The second kappa shape index (κ2) is 6.77. The molecule has 1 heterocycles. The number of hydrogen-bond acceptors (Lipinski definition) is 2. The van der Waals surface area contributed by atoms with E-state index in [1.807, 2.05) is 10.9 Å². The SMILES string of the molecule is CCNC(=NCCc1ccn(C(C)C)n1)NC1CC1C. The fourth-order valence-corrected chi connectivity index (χ4v) is 2.10. The first kappa shape index (κ1) is 14.9. The molecule has 1 saturated carbocycles. The van der Waals surface area contributed by atoms with E-state index >= 15 is 0 Å². The van der Waals surface area contributed by atoms with Crippen LogP contribution in [0.2, 0.25) is 0 Å². The Morgan fingerprint density at radius 1 is 1.55 bits per heavy atom. The summed E-state index contributed by atoms with van der Waals surface area (Å²) in [4.78, 5) is 4.62. The van der Waals surface area contributed by atoms with Gasteiger partial charge in [-0.05, 0) is 39.2 Å². The quantitative estimate of drug-likeness (QED) is 0.617. The molecule has 2 atom stereocenters. The Morgan fingerprint density at radius 3 is 2.85 bits per heavy atom. The summed E-state index contributed by atoms with van der Waals surface area (Å²) in [5.41, 5.74) is 1.11. The predicted octanol–water partition coefficient (Wildman–Crippen LogP) is 1.97. The lowest BCUT2D eigenvalue weighted by Gasteiger charge is -2.10. The Morgan fingerprint density at radius 2 is 2.30 bits per heavy atom. The van der Waals surface area contributed by atoms with Gasteiger partial charge in [-0.15, -0.1) is 0 Å². The van der Waals surface area contributed by atoms with Crippen molar-refractivity contribution in [2.75, 3.05) is 13.1 Å². The molecule has 2 unspecified atom stereocenters. The molecule has 1 aliphatic carbocycles. The lowest BCUT2D eigenvalue weighted by atomic mass is 10.3. The number of aromatic nitrogens is 2. The lowest BCUT2D eigenvalue weighted by molar-refractivity contribution is 0.526. The highest BCUT2D eigenvalue weighted by molar-refractivity contribution is 5.80. The lowest BCUT2D eigenvalue weighted by Crippen LogP contribution is -2.39. The molecule has 0 radical (unpaired) electrons. The van der Waals surface area contributed by atoms with Gasteiger partial charge in [-0.3, -0.25) is 9.67 Å². The highest BCUT2D eigenvalue weighted by atomic mass is 15.3. The highest BCUT2D eigenvalue weighted by Crippen LogP contribution is 2.28. The zero-order valence-electron chi connectivity index (χ0n) is 13.1. The molecule has 0 bridgehead atoms. The Bertz CT molecular complexity index is 449. The minimum absolute atomic E-state index is 0.419. The molecule has 2 rings (SSSR count). The maximum Gasteiger partial charge on any atom is 0.191 e. The molecule has 0 spiro atoms. The Hall–Kier alpha value is -1.52. The Labute approximate surface area is 121 Å². The molecule has 5 heteroatoms. The monoisotopic (exact) mass is 277 g/mol. The van der Waals surface area contributed by atoms with E-state index in [2.05, 4.69) is 54.5 Å². The summed E-state index contributed by atoms with van der Waals surface area (Å²) in [6.07, 6.45) is 4.18. The molecular formula is C15H27N5. The van der Waals surface area contributed by atoms with Crippen LogP contribution in [0.15, 0.2) is 17.3 Å². The van der Waals surface area contributed by atoms with Crippen molar-refractivity contribution >= 4 is 5.96 Å². The van der Waals surface area contributed by atoms with Crippen molar-refractivity contribution < 1.29 is 0 Å². The van der Waals surface area contributed by atoms with Crippen molar-refractivity contribution in [2.24, 2.45) is 10.9 Å². The smallest absolute Gasteiger partial charge is 0.191 e. The van der Waals surface area contributed by atoms with Gasteiger partial charge >= 0.3 is 0 Å². The summed E-state index contributed by atoms with van der Waals surface area (Å²) >= 11 is 0. The van der Waals surface area contributed by atoms with Gasteiger partial charge < -0.3 is 10.6 Å². The number of nitrogens with zero attached hydrogens (tertiary/aromatic N) is 3. The van der Waals surface area contributed by atoms with Gasteiger partial charge in [-0.1, -0.05) is 6.92 Å². The van der Waals surface area contributed by atoms with Crippen molar-refractivity contribution in [3.8, 4) is 0 Å². The van der Waals surface area contributed by atoms with Crippen molar-refractivity contribution in [3.05, 3.63) is 18.0 Å². The molecule has 0 amide bonds. The summed E-state index contributed by atoms with van der Waals surface area (Å²) in [7, 11) is 0. The van der Waals surface area contributed by atoms with Gasteiger partial charge in [0.05, 0.1) is 5.69 Å². The third-order valence-electron chi connectivity index (χ3n) is 3.61. The van der Waals surface area contributed by atoms with E-state index in [0.29, 0.717) is 12.1 Å². The fraction of sp³-hybridized carbons (Fsp3) is 0.733. The maximum atomic E-state index is 4.62. The van der Waals surface area contributed by atoms with E-state index in [1.54, 1.807) is 0 Å². The van der Waals surface area contributed by atoms with Gasteiger partial charge in [-0.2, -0.15) is 5.10 Å². The molecule has 0 aromatic carbocycles. The van der Waals surface area contributed by atoms with E-state index in [1.165, 1.54) is 6.42 Å². The third kappa shape index (κ3) is 4.25. The molecule has 5 nitrogen and oxygen atoms in total. The van der Waals surface area contributed by atoms with Crippen LogP contribution < -0.4 is 10.6 Å². The highest BCUT2D eigenvalue weighted by Gasteiger charge is 2.33. The summed E-state index contributed by atoms with van der Waals surface area (Å²) in [6.45, 7) is 10.3. The maximum absolute atomic E-state index is 4.62. The van der Waals surface area contributed by atoms with E-state index in [-0.39, 0.29) is 0 Å². The van der Waals surface area contributed by atoms with E-state index in [9.17, 15) is 0 Å². The minimum Gasteiger partial charge on any atom is -0.357 e. The van der Waals surface area contributed by atoms with E-state index in [0.717, 1.165) is 37.1 Å². The predicted molar refractivity (Wildman–Crippen MR) is 83.0 cm³/mol. The summed E-state index contributed by atoms with van der Waals surface area (Å²) in [6, 6.07) is 3.11. The second-order valence-corrected chi connectivity index (χ2v) is 5.86. The zero-order valence-corrected chi connectivity index (χ0v) is 13.1. The summed E-state index contributed by atoms with van der Waals surface area (Å²) in [5.74, 6) is 1.71. The number of hydrogen-bond donors (Lipinski definition) is 2. The van der Waals surface area contributed by atoms with Gasteiger partial charge in [0.25, 0.3) is 0 Å². The minimum atomic E-state index is 0.419. The molecule has 0 aliphatic heterocycles. The van der Waals surface area contributed by atoms with Crippen molar-refractivity contribution in [1.29, 1.82) is 0 Å². The van der Waals surface area contributed by atoms with Crippen LogP contribution in [-0.4, -0.2) is 34.9 Å². The average Bonchev–Trinajstić information content (AvgIpc) is 2.91. The topological polar surface area (TPSA) is 54.2 Å². The van der Waals surface area contributed by atoms with Crippen LogP contribution in [0.4, 0.5) is 0 Å². The van der Waals surface area contributed by atoms with Crippen molar-refractivity contribution in [2.45, 2.75) is 52.6 Å². The second-order valence-electron chi connectivity index (χ2n) is 5.86. The third-order valence-corrected chi connectivity index (χ3v) is 3.61. The van der Waals surface area contributed by atoms with Gasteiger partial charge in [-0.25, -0.2) is 0 Å². The Kier molecular flexibility index (Phi) is 5.04. The summed E-state index contributed by atoms with van der Waals surface area (Å²) < 4.78 is 1.99. The molecule has 20 heavy (non-hydrogen) atoms. The van der Waals surface area contributed by atoms with Crippen LogP contribution >= 0.6 is 0 Å². The van der Waals surface area contributed by atoms with E-state index in [4.69, 9.17) is 0 Å². The first-order valence-electron chi connectivity index (χ1n) is 7.69. The van der Waals surface area contributed by atoms with Gasteiger partial charge in [0.2, 0.25) is 0 Å². The van der Waals surface area contributed by atoms with Crippen LogP contribution in [-0.2, 0) is 6.42 Å². The largest absolute Gasteiger partial charge is 0.357 e. The van der Waals surface area contributed by atoms with Gasteiger partial charge in [0, 0.05) is 37.8 Å². The van der Waals surface area contributed by atoms with Gasteiger partial charge in [0.1, 0.15) is 0 Å². The number of aliphatic imine (C=N–C) groups is 1. The molecule has 1 aromatic heterocycles. The van der Waals surface area contributed by atoms with Gasteiger partial charge in [0.15, 0.2) is 5.96 Å². The van der Waals surface area contributed by atoms with Crippen molar-refractivity contribution in [1.82, 2.24) is 20.4 Å². The van der Waals surface area contributed by atoms with E-state index < -0.39 is 0 Å². The molecule has 112 valence electrons. The van der Waals surface area contributed by atoms with Crippen LogP contribution in [0.25, 0.3) is 0 Å². The zero-order chi connectivity index (χ0) is 14.5. The molecule has 0 saturated heterocycles. The molecular weight excluding hydrogens is 250 g/mol. The molecule has 1 aliphatic rings. The average molecular weight is 277 g/mol. The van der Waals surface area contributed by atoms with Crippen LogP contribution in [0.5, 0.6) is 0 Å². The number of rotatable bonds is 6. The molecule has 1 aromatic rings. The first-order chi connectivity index (χ1) is 9.60. The number of nitrogens with one attached hydrogen (secondary N) is 2. The standard InChI is InChI=1S/C15H27N5/c1-5-16-15(18-14-10-12(14)4)17-8-6-13-7-9-20(19-13)11(2)3/h7,9,11-12,14H,5-6,8,10H2,1-4H3,(H2,16,17,18). The van der Waals surface area contributed by atoms with Crippen molar-refractivity contribution in [3.63, 3.8) is 0 Å². The normalized spacial score (nSPS) is 22.1. The summed E-state index contributed by atoms with van der Waals surface area (Å²) in [5, 5.41) is 11.3. The Balaban J connectivity index is 1.82. The van der Waals surface area contributed by atoms with Crippen LogP contribution in [0, 0.1) is 5.92 Å². The fourth-order valence-electron chi connectivity index (χ4n) is 2.10.